The molecule has 2 atom stereocenters. The van der Waals surface area contributed by atoms with E-state index in [-0.39, 0.29) is 23.0 Å². The lowest BCUT2D eigenvalue weighted by Gasteiger charge is -2.39. The summed E-state index contributed by atoms with van der Waals surface area (Å²) in [6, 6.07) is 13.9. The molecule has 1 amide bonds. The minimum atomic E-state index is -3.68. The van der Waals surface area contributed by atoms with Crippen molar-refractivity contribution >= 4 is 27.5 Å². The molecular weight excluding hydrogens is 464 g/mol. The number of hydrogen-bond donors (Lipinski definition) is 1. The smallest absolute Gasteiger partial charge is 0.285 e. The van der Waals surface area contributed by atoms with Gasteiger partial charge < -0.3 is 15.0 Å². The first-order valence-electron chi connectivity index (χ1n) is 12.3. The van der Waals surface area contributed by atoms with Gasteiger partial charge in [-0.05, 0) is 69.0 Å². The number of amides is 1. The number of likely N-dealkylation sites (tertiary alicyclic amines) is 1. The van der Waals surface area contributed by atoms with Gasteiger partial charge in [0.1, 0.15) is 4.90 Å². The number of ether oxygens (including phenoxy) is 1. The molecule has 0 spiro atoms. The Morgan fingerprint density at radius 2 is 1.69 bits per heavy atom. The third-order valence-electron chi connectivity index (χ3n) is 6.94. The number of morpholine rings is 1. The predicted molar refractivity (Wildman–Crippen MR) is 135 cm³/mol. The Morgan fingerprint density at radius 1 is 1.03 bits per heavy atom. The Hall–Kier alpha value is -2.75. The van der Waals surface area contributed by atoms with Crippen LogP contribution < -0.4 is 5.32 Å². The van der Waals surface area contributed by atoms with Gasteiger partial charge in [-0.15, -0.1) is 4.40 Å². The number of carbonyl (C=O) groups excluding carboxylic acids is 1. The summed E-state index contributed by atoms with van der Waals surface area (Å²) >= 11 is 0. The summed E-state index contributed by atoms with van der Waals surface area (Å²) in [5.74, 6) is 0.940. The number of anilines is 1. The summed E-state index contributed by atoms with van der Waals surface area (Å²) in [6.45, 7) is 8.83. The van der Waals surface area contributed by atoms with Gasteiger partial charge >= 0.3 is 0 Å². The van der Waals surface area contributed by atoms with Crippen molar-refractivity contribution in [1.29, 1.82) is 0 Å². The van der Waals surface area contributed by atoms with Crippen LogP contribution in [0.5, 0.6) is 0 Å². The first-order chi connectivity index (χ1) is 16.8. The summed E-state index contributed by atoms with van der Waals surface area (Å²) < 4.78 is 34.2. The average Bonchev–Trinajstić information content (AvgIpc) is 3.09. The number of nitrogens with zero attached hydrogens (tertiary/aromatic N) is 3. The molecule has 2 saturated heterocycles. The van der Waals surface area contributed by atoms with Crippen LogP contribution in [0, 0.1) is 5.92 Å². The lowest BCUT2D eigenvalue weighted by atomic mass is 9.95. The van der Waals surface area contributed by atoms with Gasteiger partial charge in [0.15, 0.2) is 5.84 Å². The molecule has 5 rings (SSSR count). The van der Waals surface area contributed by atoms with Crippen LogP contribution in [0.4, 0.5) is 5.69 Å². The number of piperidine rings is 1. The number of rotatable bonds is 4. The molecule has 35 heavy (non-hydrogen) atoms. The minimum Gasteiger partial charge on any atom is -0.373 e. The molecule has 2 aromatic carbocycles. The highest BCUT2D eigenvalue weighted by molar-refractivity contribution is 7.90. The number of nitrogens with one attached hydrogen (secondary N) is 1. The maximum atomic E-state index is 13.1. The van der Waals surface area contributed by atoms with Gasteiger partial charge in [0.2, 0.25) is 0 Å². The van der Waals surface area contributed by atoms with Crippen LogP contribution in [0.2, 0.25) is 0 Å². The molecule has 2 unspecified atom stereocenters. The van der Waals surface area contributed by atoms with E-state index < -0.39 is 10.0 Å². The van der Waals surface area contributed by atoms with Gasteiger partial charge in [-0.3, -0.25) is 9.69 Å². The van der Waals surface area contributed by atoms with Crippen molar-refractivity contribution in [3.63, 3.8) is 0 Å². The highest BCUT2D eigenvalue weighted by Gasteiger charge is 2.30. The van der Waals surface area contributed by atoms with Crippen LogP contribution >= 0.6 is 0 Å². The van der Waals surface area contributed by atoms with Crippen molar-refractivity contribution < 1.29 is 17.9 Å². The number of benzene rings is 2. The van der Waals surface area contributed by atoms with Crippen LogP contribution in [0.15, 0.2) is 57.8 Å². The second-order valence-corrected chi connectivity index (χ2v) is 11.4. The number of carbonyl (C=O) groups is 1. The highest BCUT2D eigenvalue weighted by Crippen LogP contribution is 2.27. The van der Waals surface area contributed by atoms with Crippen LogP contribution in [-0.4, -0.2) is 74.9 Å². The Bertz CT molecular complexity index is 1210. The summed E-state index contributed by atoms with van der Waals surface area (Å²) in [6.07, 6.45) is 2.58. The lowest BCUT2D eigenvalue weighted by molar-refractivity contribution is -0.0728. The van der Waals surface area contributed by atoms with E-state index in [9.17, 15) is 13.2 Å². The van der Waals surface area contributed by atoms with Crippen LogP contribution in [0.25, 0.3) is 0 Å². The number of amidine groups is 1. The van der Waals surface area contributed by atoms with Crippen LogP contribution in [-0.2, 0) is 14.8 Å². The quantitative estimate of drug-likeness (QED) is 0.699. The van der Waals surface area contributed by atoms with Crippen LogP contribution in [0.3, 0.4) is 0 Å². The third-order valence-corrected chi connectivity index (χ3v) is 8.27. The van der Waals surface area contributed by atoms with Gasteiger partial charge in [-0.25, -0.2) is 0 Å². The van der Waals surface area contributed by atoms with Gasteiger partial charge in [-0.2, -0.15) is 8.42 Å². The highest BCUT2D eigenvalue weighted by atomic mass is 32.2. The fourth-order valence-electron chi connectivity index (χ4n) is 5.33. The molecule has 9 heteroatoms. The lowest BCUT2D eigenvalue weighted by Crippen LogP contribution is -2.48. The zero-order valence-corrected chi connectivity index (χ0v) is 21.0. The van der Waals surface area contributed by atoms with Gasteiger partial charge in [0.05, 0.1) is 12.2 Å². The molecule has 3 aliphatic heterocycles. The number of fused-ring (bicyclic) bond motifs is 1. The Kier molecular flexibility index (Phi) is 6.65. The molecule has 1 N–H and O–H groups in total. The van der Waals surface area contributed by atoms with E-state index in [1.807, 2.05) is 4.90 Å². The standard InChI is InChI=1S/C26H32N4O4S/c1-18-15-29(16-19(2)34-18)17-20-11-13-30(14-12-20)26(31)21-7-9-22(10-8-21)27-25-23-5-3-4-6-24(23)35(32,33)28-25/h3-10,18-20H,11-17H2,1-2H3,(H,27,28). The second-order valence-electron chi connectivity index (χ2n) is 9.82. The van der Waals surface area contributed by atoms with Crippen molar-refractivity contribution in [2.24, 2.45) is 10.3 Å². The van der Waals surface area contributed by atoms with E-state index in [2.05, 4.69) is 28.5 Å². The van der Waals surface area contributed by atoms with Gasteiger partial charge in [0, 0.05) is 49.5 Å². The summed E-state index contributed by atoms with van der Waals surface area (Å²) in [5.41, 5.74) is 1.86. The van der Waals surface area contributed by atoms with E-state index in [1.165, 1.54) is 0 Å². The SMILES string of the molecule is CC1CN(CC2CCN(C(=O)c3ccc(NC4=NS(=O)(=O)c5ccccc54)cc3)CC2)CC(C)O1. The van der Waals surface area contributed by atoms with E-state index in [1.54, 1.807) is 48.5 Å². The fraction of sp³-hybridized carbons (Fsp3) is 0.462. The third kappa shape index (κ3) is 5.27. The molecule has 3 heterocycles. The molecular formula is C26H32N4O4S. The maximum absolute atomic E-state index is 13.1. The van der Waals surface area contributed by atoms with E-state index in [0.717, 1.165) is 45.6 Å². The van der Waals surface area contributed by atoms with Crippen LogP contribution in [0.1, 0.15) is 42.6 Å². The molecule has 0 aliphatic carbocycles. The first kappa shape index (κ1) is 24.0. The molecule has 0 radical (unpaired) electrons. The van der Waals surface area contributed by atoms with E-state index in [4.69, 9.17) is 4.74 Å². The summed E-state index contributed by atoms with van der Waals surface area (Å²) in [7, 11) is -3.68. The molecule has 0 aromatic heterocycles. The van der Waals surface area contributed by atoms with Crippen molar-refractivity contribution in [1.82, 2.24) is 9.80 Å². The molecule has 2 fully saturated rings. The Balaban J connectivity index is 1.16. The summed E-state index contributed by atoms with van der Waals surface area (Å²) in [4.78, 5) is 17.7. The number of hydrogen-bond acceptors (Lipinski definition) is 6. The Labute approximate surface area is 207 Å². The van der Waals surface area contributed by atoms with Crippen molar-refractivity contribution in [3.8, 4) is 0 Å². The largest absolute Gasteiger partial charge is 0.373 e. The topological polar surface area (TPSA) is 91.3 Å². The summed E-state index contributed by atoms with van der Waals surface area (Å²) in [5, 5.41) is 3.08. The molecule has 0 saturated carbocycles. The number of sulfonamides is 1. The second kappa shape index (κ2) is 9.72. The van der Waals surface area contributed by atoms with Gasteiger partial charge in [-0.1, -0.05) is 12.1 Å². The fourth-order valence-corrected chi connectivity index (χ4v) is 6.50. The molecule has 8 nitrogen and oxygen atoms in total. The predicted octanol–water partition coefficient (Wildman–Crippen LogP) is 3.21. The molecule has 186 valence electrons. The van der Waals surface area contributed by atoms with E-state index in [0.29, 0.717) is 28.6 Å². The zero-order valence-electron chi connectivity index (χ0n) is 20.2. The zero-order chi connectivity index (χ0) is 24.6. The average molecular weight is 497 g/mol. The molecule has 3 aliphatic rings. The normalized spacial score (nSPS) is 24.6. The van der Waals surface area contributed by atoms with E-state index >= 15 is 0 Å². The van der Waals surface area contributed by atoms with Crippen molar-refractivity contribution in [3.05, 3.63) is 59.7 Å². The molecule has 2 aromatic rings. The first-order valence-corrected chi connectivity index (χ1v) is 13.7. The van der Waals surface area contributed by atoms with Gasteiger partial charge in [0.25, 0.3) is 15.9 Å². The Morgan fingerprint density at radius 3 is 2.37 bits per heavy atom. The monoisotopic (exact) mass is 496 g/mol. The van der Waals surface area contributed by atoms with Crippen molar-refractivity contribution in [2.45, 2.75) is 43.8 Å². The minimum absolute atomic E-state index is 0.0368. The van der Waals surface area contributed by atoms with Crippen molar-refractivity contribution in [2.75, 3.05) is 38.0 Å². The maximum Gasteiger partial charge on any atom is 0.285 e. The molecule has 0 bridgehead atoms.